The van der Waals surface area contributed by atoms with E-state index < -0.39 is 17.7 Å². The van der Waals surface area contributed by atoms with Gasteiger partial charge in [-0.2, -0.15) is 5.10 Å². The van der Waals surface area contributed by atoms with Gasteiger partial charge in [0.1, 0.15) is 17.3 Å². The molecular weight excluding hydrogens is 498 g/mol. The normalized spacial score (nSPS) is 12.0. The van der Waals surface area contributed by atoms with E-state index in [2.05, 4.69) is 59.1 Å². The first kappa shape index (κ1) is 31.6. The summed E-state index contributed by atoms with van der Waals surface area (Å²) in [5.41, 5.74) is 4.42. The molecule has 8 heteroatoms. The number of amides is 1. The molecule has 0 bridgehead atoms. The fourth-order valence-corrected chi connectivity index (χ4v) is 3.73. The molecule has 1 amide bonds. The van der Waals surface area contributed by atoms with Crippen LogP contribution in [0.25, 0.3) is 0 Å². The SMILES string of the molecule is C/C=C\C/C=C\Cc1cc(C(=O)NCC(O)CNCc2cccc(CC)c2)nn1C.Cc1cc(F)cc(F)c1. The molecule has 3 N–H and O–H groups in total. The second-order valence-corrected chi connectivity index (χ2v) is 9.24. The number of allylic oxidation sites excluding steroid dienone is 4. The van der Waals surface area contributed by atoms with Crippen LogP contribution < -0.4 is 10.6 Å². The maximum Gasteiger partial charge on any atom is 0.271 e. The van der Waals surface area contributed by atoms with Gasteiger partial charge in [0.05, 0.1) is 6.10 Å². The van der Waals surface area contributed by atoms with Crippen LogP contribution in [0.2, 0.25) is 0 Å². The quantitative estimate of drug-likeness (QED) is 0.277. The van der Waals surface area contributed by atoms with Crippen molar-refractivity contribution in [3.8, 4) is 0 Å². The predicted molar refractivity (Wildman–Crippen MR) is 152 cm³/mol. The monoisotopic (exact) mass is 538 g/mol. The molecule has 2 aromatic carbocycles. The third kappa shape index (κ3) is 12.2. The highest BCUT2D eigenvalue weighted by atomic mass is 19.1. The number of carbonyl (C=O) groups excluding carboxylic acids is 1. The smallest absolute Gasteiger partial charge is 0.271 e. The third-order valence-corrected chi connectivity index (χ3v) is 5.82. The Labute approximate surface area is 230 Å². The lowest BCUT2D eigenvalue weighted by Crippen LogP contribution is -2.38. The van der Waals surface area contributed by atoms with Crippen molar-refractivity contribution in [2.24, 2.45) is 7.05 Å². The van der Waals surface area contributed by atoms with Crippen LogP contribution in [-0.4, -0.2) is 40.0 Å². The molecule has 1 unspecified atom stereocenters. The summed E-state index contributed by atoms with van der Waals surface area (Å²) in [6.07, 6.45) is 10.2. The molecule has 0 aliphatic carbocycles. The number of aromatic nitrogens is 2. The highest BCUT2D eigenvalue weighted by molar-refractivity contribution is 5.92. The van der Waals surface area contributed by atoms with Gasteiger partial charge in [-0.25, -0.2) is 8.78 Å². The molecule has 0 aliphatic rings. The molecule has 0 fully saturated rings. The minimum absolute atomic E-state index is 0.177. The summed E-state index contributed by atoms with van der Waals surface area (Å²) in [6, 6.07) is 13.6. The van der Waals surface area contributed by atoms with Gasteiger partial charge < -0.3 is 15.7 Å². The Morgan fingerprint density at radius 1 is 1.05 bits per heavy atom. The number of nitrogens with one attached hydrogen (secondary N) is 2. The number of hydrogen-bond acceptors (Lipinski definition) is 4. The lowest BCUT2D eigenvalue weighted by Gasteiger charge is -2.13. The van der Waals surface area contributed by atoms with Gasteiger partial charge in [0.15, 0.2) is 0 Å². The average molecular weight is 539 g/mol. The Morgan fingerprint density at radius 3 is 2.44 bits per heavy atom. The number of aliphatic hydroxyl groups is 1. The molecule has 6 nitrogen and oxygen atoms in total. The standard InChI is InChI=1S/C24H34N4O2.C7H6F2/c1-4-6-7-8-9-13-21-15-23(27-28(21)3)24(30)26-18-22(29)17-25-16-20-12-10-11-19(5-2)14-20;1-5-2-6(8)4-7(9)3-5/h4,6,8-12,14-15,22,25,29H,5,7,13,16-18H2,1-3H3,(H,26,30);2-4H,1H3/b6-4-,9-8-;. The van der Waals surface area contributed by atoms with Gasteiger partial charge in [-0.3, -0.25) is 9.48 Å². The van der Waals surface area contributed by atoms with Crippen molar-refractivity contribution in [2.75, 3.05) is 13.1 Å². The lowest BCUT2D eigenvalue weighted by molar-refractivity contribution is 0.0909. The third-order valence-electron chi connectivity index (χ3n) is 5.82. The average Bonchev–Trinajstić information content (AvgIpc) is 3.27. The van der Waals surface area contributed by atoms with Crippen molar-refractivity contribution in [3.05, 3.63) is 113 Å². The second kappa shape index (κ2) is 17.1. The molecular formula is C31H40F2N4O2. The summed E-state index contributed by atoms with van der Waals surface area (Å²) in [5.74, 6) is -1.32. The largest absolute Gasteiger partial charge is 0.390 e. The summed E-state index contributed by atoms with van der Waals surface area (Å²) < 4.78 is 26.1. The molecule has 0 saturated heterocycles. The number of hydrogen-bond donors (Lipinski definition) is 3. The fourth-order valence-electron chi connectivity index (χ4n) is 3.73. The van der Waals surface area contributed by atoms with Crippen LogP contribution in [-0.2, 0) is 26.4 Å². The number of rotatable bonds is 12. The zero-order chi connectivity index (χ0) is 28.6. The Kier molecular flexibility index (Phi) is 13.8. The van der Waals surface area contributed by atoms with Crippen molar-refractivity contribution in [3.63, 3.8) is 0 Å². The summed E-state index contributed by atoms with van der Waals surface area (Å²) in [5, 5.41) is 20.4. The molecule has 210 valence electrons. The minimum Gasteiger partial charge on any atom is -0.390 e. The molecule has 1 atom stereocenters. The Bertz CT molecular complexity index is 1190. The van der Waals surface area contributed by atoms with E-state index in [1.54, 1.807) is 17.7 Å². The van der Waals surface area contributed by atoms with Gasteiger partial charge in [-0.15, -0.1) is 0 Å². The van der Waals surface area contributed by atoms with Crippen molar-refractivity contribution in [1.82, 2.24) is 20.4 Å². The molecule has 3 rings (SSSR count). The van der Waals surface area contributed by atoms with Crippen molar-refractivity contribution >= 4 is 5.91 Å². The summed E-state index contributed by atoms with van der Waals surface area (Å²) >= 11 is 0. The van der Waals surface area contributed by atoms with Crippen LogP contribution in [0.3, 0.4) is 0 Å². The zero-order valence-corrected chi connectivity index (χ0v) is 23.3. The first-order valence-corrected chi connectivity index (χ1v) is 13.2. The van der Waals surface area contributed by atoms with E-state index in [-0.39, 0.29) is 12.5 Å². The molecule has 1 aromatic heterocycles. The Morgan fingerprint density at radius 2 is 1.77 bits per heavy atom. The molecule has 0 spiro atoms. The maximum absolute atomic E-state index is 12.4. The highest BCUT2D eigenvalue weighted by Gasteiger charge is 2.13. The Hall–Kier alpha value is -3.62. The van der Waals surface area contributed by atoms with E-state index in [4.69, 9.17) is 0 Å². The van der Waals surface area contributed by atoms with Crippen LogP contribution in [0.15, 0.2) is 72.8 Å². The Balaban J connectivity index is 0.000000499. The lowest BCUT2D eigenvalue weighted by atomic mass is 10.1. The summed E-state index contributed by atoms with van der Waals surface area (Å²) in [6.45, 7) is 7.04. The van der Waals surface area contributed by atoms with Gasteiger partial charge in [0.2, 0.25) is 0 Å². The number of benzene rings is 2. The molecule has 0 aliphatic heterocycles. The molecule has 39 heavy (non-hydrogen) atoms. The topological polar surface area (TPSA) is 79.2 Å². The number of carbonyl (C=O) groups is 1. The first-order valence-electron chi connectivity index (χ1n) is 13.2. The van der Waals surface area contributed by atoms with E-state index in [1.165, 1.54) is 23.3 Å². The predicted octanol–water partition coefficient (Wildman–Crippen LogP) is 5.20. The van der Waals surface area contributed by atoms with Crippen LogP contribution in [0, 0.1) is 18.6 Å². The summed E-state index contributed by atoms with van der Waals surface area (Å²) in [7, 11) is 1.83. The van der Waals surface area contributed by atoms with Gasteiger partial charge >= 0.3 is 0 Å². The van der Waals surface area contributed by atoms with Gasteiger partial charge in [-0.1, -0.05) is 55.5 Å². The number of nitrogens with zero attached hydrogens (tertiary/aromatic N) is 2. The molecule has 0 saturated carbocycles. The van der Waals surface area contributed by atoms with Crippen LogP contribution in [0.5, 0.6) is 0 Å². The van der Waals surface area contributed by atoms with E-state index in [0.717, 1.165) is 31.0 Å². The number of halogens is 2. The molecule has 3 aromatic rings. The molecule has 1 heterocycles. The fraction of sp³-hybridized carbons (Fsp3) is 0.355. The highest BCUT2D eigenvalue weighted by Crippen LogP contribution is 2.07. The minimum atomic E-state index is -0.666. The van der Waals surface area contributed by atoms with Crippen LogP contribution in [0.4, 0.5) is 8.78 Å². The van der Waals surface area contributed by atoms with E-state index in [0.29, 0.717) is 24.3 Å². The van der Waals surface area contributed by atoms with Gasteiger partial charge in [0, 0.05) is 44.9 Å². The van der Waals surface area contributed by atoms with E-state index in [9.17, 15) is 18.7 Å². The van der Waals surface area contributed by atoms with E-state index >= 15 is 0 Å². The zero-order valence-electron chi connectivity index (χ0n) is 23.3. The van der Waals surface area contributed by atoms with Crippen molar-refractivity contribution in [2.45, 2.75) is 52.7 Å². The first-order chi connectivity index (χ1) is 18.7. The maximum atomic E-state index is 12.4. The van der Waals surface area contributed by atoms with E-state index in [1.807, 2.05) is 26.1 Å². The number of aliphatic hydroxyl groups excluding tert-OH is 1. The van der Waals surface area contributed by atoms with Crippen LogP contribution in [0.1, 0.15) is 53.1 Å². The van der Waals surface area contributed by atoms with Crippen molar-refractivity contribution < 1.29 is 18.7 Å². The molecule has 0 radical (unpaired) electrons. The van der Waals surface area contributed by atoms with Crippen LogP contribution >= 0.6 is 0 Å². The van der Waals surface area contributed by atoms with Crippen molar-refractivity contribution in [1.29, 1.82) is 0 Å². The van der Waals surface area contributed by atoms with Gasteiger partial charge in [-0.05, 0) is 61.6 Å². The van der Waals surface area contributed by atoms with Gasteiger partial charge in [0.25, 0.3) is 5.91 Å². The second-order valence-electron chi connectivity index (χ2n) is 9.24. The number of aryl methyl sites for hydroxylation is 3. The summed E-state index contributed by atoms with van der Waals surface area (Å²) in [4.78, 5) is 12.4.